The molecular formula is C15H10F3N3O. The molecule has 3 aromatic rings. The molecule has 0 aliphatic rings. The Morgan fingerprint density at radius 1 is 0.864 bits per heavy atom. The monoisotopic (exact) mass is 305 g/mol. The molecule has 0 aliphatic heterocycles. The molecule has 22 heavy (non-hydrogen) atoms. The molecule has 112 valence electrons. The Bertz CT molecular complexity index is 735. The standard InChI is InChI=1S/C15H10F3N3O/c16-15(17,18)12-5-1-10(2-6-12)11-3-7-13(8-4-11)22-14-9-19-21-20-14/h1-9H,(H,19,20,21). The van der Waals surface area contributed by atoms with Crippen LogP contribution in [0.25, 0.3) is 11.1 Å². The topological polar surface area (TPSA) is 50.8 Å². The molecule has 0 fully saturated rings. The Hall–Kier alpha value is -2.83. The summed E-state index contributed by atoms with van der Waals surface area (Å²) in [5, 5.41) is 9.81. The number of alkyl halides is 3. The first-order chi connectivity index (χ1) is 10.5. The first-order valence-electron chi connectivity index (χ1n) is 6.34. The number of hydrogen-bond acceptors (Lipinski definition) is 3. The van der Waals surface area contributed by atoms with Gasteiger partial charge in [-0.25, -0.2) is 0 Å². The highest BCUT2D eigenvalue weighted by molar-refractivity contribution is 5.64. The third-order valence-corrected chi connectivity index (χ3v) is 3.02. The number of aromatic nitrogens is 3. The second-order valence-electron chi connectivity index (χ2n) is 4.51. The first kappa shape index (κ1) is 14.1. The molecule has 1 aromatic heterocycles. The largest absolute Gasteiger partial charge is 0.436 e. The van der Waals surface area contributed by atoms with Gasteiger partial charge in [-0.15, -0.1) is 5.10 Å². The Kier molecular flexibility index (Phi) is 3.54. The van der Waals surface area contributed by atoms with Crippen molar-refractivity contribution in [2.45, 2.75) is 6.18 Å². The van der Waals surface area contributed by atoms with Crippen LogP contribution in [0.5, 0.6) is 11.6 Å². The quantitative estimate of drug-likeness (QED) is 0.785. The van der Waals surface area contributed by atoms with E-state index in [1.165, 1.54) is 18.3 Å². The second kappa shape index (κ2) is 5.51. The summed E-state index contributed by atoms with van der Waals surface area (Å²) in [4.78, 5) is 0. The van der Waals surface area contributed by atoms with Crippen LogP contribution in [-0.4, -0.2) is 15.4 Å². The molecule has 3 rings (SSSR count). The van der Waals surface area contributed by atoms with Crippen molar-refractivity contribution in [3.63, 3.8) is 0 Å². The van der Waals surface area contributed by atoms with Crippen LogP contribution in [0.3, 0.4) is 0 Å². The van der Waals surface area contributed by atoms with E-state index in [-0.39, 0.29) is 0 Å². The van der Waals surface area contributed by atoms with Crippen molar-refractivity contribution in [2.75, 3.05) is 0 Å². The van der Waals surface area contributed by atoms with Crippen molar-refractivity contribution >= 4 is 0 Å². The van der Waals surface area contributed by atoms with Gasteiger partial charge < -0.3 is 4.74 Å². The summed E-state index contributed by atoms with van der Waals surface area (Å²) in [6.45, 7) is 0. The third kappa shape index (κ3) is 3.08. The van der Waals surface area contributed by atoms with Crippen LogP contribution in [0.15, 0.2) is 54.7 Å². The zero-order chi connectivity index (χ0) is 15.6. The third-order valence-electron chi connectivity index (χ3n) is 3.02. The Balaban J connectivity index is 1.78. The van der Waals surface area contributed by atoms with Crippen LogP contribution in [0.1, 0.15) is 5.56 Å². The van der Waals surface area contributed by atoms with E-state index in [0.29, 0.717) is 17.2 Å². The number of nitrogens with one attached hydrogen (secondary N) is 1. The molecule has 0 amide bonds. The molecule has 0 aliphatic carbocycles. The van der Waals surface area contributed by atoms with E-state index in [2.05, 4.69) is 15.4 Å². The van der Waals surface area contributed by atoms with Crippen molar-refractivity contribution in [3.8, 4) is 22.8 Å². The van der Waals surface area contributed by atoms with E-state index < -0.39 is 11.7 Å². The Labute approximate surface area is 123 Å². The van der Waals surface area contributed by atoms with Crippen molar-refractivity contribution in [1.29, 1.82) is 0 Å². The summed E-state index contributed by atoms with van der Waals surface area (Å²) in [6, 6.07) is 12.0. The second-order valence-corrected chi connectivity index (χ2v) is 4.51. The highest BCUT2D eigenvalue weighted by atomic mass is 19.4. The van der Waals surface area contributed by atoms with Crippen molar-refractivity contribution in [3.05, 3.63) is 60.3 Å². The highest BCUT2D eigenvalue weighted by Gasteiger charge is 2.29. The fourth-order valence-corrected chi connectivity index (χ4v) is 1.93. The van der Waals surface area contributed by atoms with Gasteiger partial charge in [0.2, 0.25) is 0 Å². The summed E-state index contributed by atoms with van der Waals surface area (Å²) in [7, 11) is 0. The van der Waals surface area contributed by atoms with Crippen molar-refractivity contribution in [2.24, 2.45) is 0 Å². The maximum absolute atomic E-state index is 12.5. The predicted molar refractivity (Wildman–Crippen MR) is 73.3 cm³/mol. The molecule has 0 atom stereocenters. The summed E-state index contributed by atoms with van der Waals surface area (Å²) in [6.07, 6.45) is -2.89. The van der Waals surface area contributed by atoms with Crippen LogP contribution >= 0.6 is 0 Å². The number of H-pyrrole nitrogens is 1. The van der Waals surface area contributed by atoms with E-state index in [1.54, 1.807) is 24.3 Å². The fourth-order valence-electron chi connectivity index (χ4n) is 1.93. The molecule has 2 aromatic carbocycles. The van der Waals surface area contributed by atoms with Gasteiger partial charge >= 0.3 is 6.18 Å². The molecule has 7 heteroatoms. The number of ether oxygens (including phenoxy) is 1. The fraction of sp³-hybridized carbons (Fsp3) is 0.0667. The van der Waals surface area contributed by atoms with E-state index in [1.807, 2.05) is 0 Å². The van der Waals surface area contributed by atoms with E-state index in [9.17, 15) is 13.2 Å². The minimum Gasteiger partial charge on any atom is -0.436 e. The Morgan fingerprint density at radius 3 is 1.95 bits per heavy atom. The lowest BCUT2D eigenvalue weighted by Crippen LogP contribution is -2.03. The molecule has 4 nitrogen and oxygen atoms in total. The van der Waals surface area contributed by atoms with E-state index in [0.717, 1.165) is 17.7 Å². The van der Waals surface area contributed by atoms with Gasteiger partial charge in [-0.3, -0.25) is 0 Å². The van der Waals surface area contributed by atoms with Gasteiger partial charge in [0.1, 0.15) is 11.9 Å². The van der Waals surface area contributed by atoms with Crippen molar-refractivity contribution in [1.82, 2.24) is 15.4 Å². The van der Waals surface area contributed by atoms with Crippen molar-refractivity contribution < 1.29 is 17.9 Å². The number of aromatic amines is 1. The normalized spacial score (nSPS) is 11.4. The molecule has 0 spiro atoms. The number of nitrogens with zero attached hydrogens (tertiary/aromatic N) is 2. The molecule has 1 heterocycles. The predicted octanol–water partition coefficient (Wildman–Crippen LogP) is 4.28. The minimum absolute atomic E-state index is 0.335. The van der Waals surface area contributed by atoms with Gasteiger partial charge in [0.25, 0.3) is 5.88 Å². The molecule has 0 saturated carbocycles. The highest BCUT2D eigenvalue weighted by Crippen LogP contribution is 2.31. The van der Waals surface area contributed by atoms with Gasteiger partial charge in [0.05, 0.1) is 5.56 Å². The minimum atomic E-state index is -4.33. The molecular weight excluding hydrogens is 295 g/mol. The summed E-state index contributed by atoms with van der Waals surface area (Å²) in [5.74, 6) is 0.895. The lowest BCUT2D eigenvalue weighted by molar-refractivity contribution is -0.137. The zero-order valence-electron chi connectivity index (χ0n) is 11.1. The van der Waals surface area contributed by atoms with Crippen LogP contribution < -0.4 is 4.74 Å². The molecule has 0 bridgehead atoms. The number of hydrogen-bond donors (Lipinski definition) is 1. The van der Waals surface area contributed by atoms with Crippen LogP contribution in [0.2, 0.25) is 0 Å². The number of benzene rings is 2. The van der Waals surface area contributed by atoms with E-state index in [4.69, 9.17) is 4.74 Å². The lowest BCUT2D eigenvalue weighted by atomic mass is 10.0. The SMILES string of the molecule is FC(F)(F)c1ccc(-c2ccc(Oc3cn[nH]n3)cc2)cc1. The molecule has 1 N–H and O–H groups in total. The van der Waals surface area contributed by atoms with E-state index >= 15 is 0 Å². The van der Waals surface area contributed by atoms with Crippen LogP contribution in [0.4, 0.5) is 13.2 Å². The van der Waals surface area contributed by atoms with Gasteiger partial charge in [-0.2, -0.15) is 23.5 Å². The smallest absolute Gasteiger partial charge is 0.416 e. The van der Waals surface area contributed by atoms with Gasteiger partial charge in [-0.05, 0) is 35.4 Å². The van der Waals surface area contributed by atoms with Gasteiger partial charge in [-0.1, -0.05) is 24.3 Å². The molecule has 0 radical (unpaired) electrons. The maximum atomic E-state index is 12.5. The summed E-state index contributed by atoms with van der Waals surface area (Å²) >= 11 is 0. The average molecular weight is 305 g/mol. The number of rotatable bonds is 3. The molecule has 0 unspecified atom stereocenters. The zero-order valence-corrected chi connectivity index (χ0v) is 11.1. The average Bonchev–Trinajstić information content (AvgIpc) is 3.00. The van der Waals surface area contributed by atoms with Gasteiger partial charge in [0, 0.05) is 0 Å². The Morgan fingerprint density at radius 2 is 1.45 bits per heavy atom. The maximum Gasteiger partial charge on any atom is 0.416 e. The summed E-state index contributed by atoms with van der Waals surface area (Å²) in [5.41, 5.74) is 0.824. The molecule has 0 saturated heterocycles. The van der Waals surface area contributed by atoms with Crippen LogP contribution in [0, 0.1) is 0 Å². The van der Waals surface area contributed by atoms with Crippen LogP contribution in [-0.2, 0) is 6.18 Å². The lowest BCUT2D eigenvalue weighted by Gasteiger charge is -2.08. The van der Waals surface area contributed by atoms with Gasteiger partial charge in [0.15, 0.2) is 0 Å². The number of halogens is 3. The first-order valence-corrected chi connectivity index (χ1v) is 6.34. The summed E-state index contributed by atoms with van der Waals surface area (Å²) < 4.78 is 43.0.